The fourth-order valence-corrected chi connectivity index (χ4v) is 3.54. The number of hydrogen-bond donors (Lipinski definition) is 0. The van der Waals surface area contributed by atoms with E-state index < -0.39 is 0 Å². The highest BCUT2D eigenvalue weighted by Gasteiger charge is 2.11. The Morgan fingerprint density at radius 3 is 2.46 bits per heavy atom. The molecule has 2 aromatic heterocycles. The molecule has 0 fully saturated rings. The van der Waals surface area contributed by atoms with Crippen LogP contribution >= 0.6 is 27.3 Å². The van der Waals surface area contributed by atoms with Crippen LogP contribution in [0.25, 0.3) is 22.4 Å². The van der Waals surface area contributed by atoms with Crippen LogP contribution in [-0.4, -0.2) is 14.6 Å². The maximum absolute atomic E-state index is 12.5. The van der Waals surface area contributed by atoms with Crippen molar-refractivity contribution in [3.63, 3.8) is 0 Å². The molecule has 0 aliphatic heterocycles. The molecule has 24 heavy (non-hydrogen) atoms. The van der Waals surface area contributed by atoms with E-state index in [0.717, 1.165) is 15.6 Å². The molecule has 0 unspecified atom stereocenters. The molecule has 0 radical (unpaired) electrons. The first-order chi connectivity index (χ1) is 11.6. The molecule has 4 aromatic rings. The van der Waals surface area contributed by atoms with Crippen LogP contribution < -0.4 is 10.1 Å². The third kappa shape index (κ3) is 2.79. The Morgan fingerprint density at radius 1 is 1.08 bits per heavy atom. The van der Waals surface area contributed by atoms with E-state index >= 15 is 0 Å². The largest absolute Gasteiger partial charge is 0.291 e. The SMILES string of the molecule is Cc1ccc(-c2nc3s/c(=C\c4ccc(Br)cc4)c(=O)n3n2)cc1. The highest BCUT2D eigenvalue weighted by Crippen LogP contribution is 2.17. The van der Waals surface area contributed by atoms with Crippen molar-refractivity contribution in [3.05, 3.63) is 79.0 Å². The average Bonchev–Trinajstić information content (AvgIpc) is 3.11. The molecule has 0 saturated carbocycles. The van der Waals surface area contributed by atoms with E-state index in [4.69, 9.17) is 0 Å². The molecule has 0 aliphatic rings. The zero-order chi connectivity index (χ0) is 16.7. The number of fused-ring (bicyclic) bond motifs is 1. The summed E-state index contributed by atoms with van der Waals surface area (Å²) in [6.07, 6.45) is 1.86. The summed E-state index contributed by atoms with van der Waals surface area (Å²) in [7, 11) is 0. The van der Waals surface area contributed by atoms with Gasteiger partial charge >= 0.3 is 0 Å². The van der Waals surface area contributed by atoms with Crippen molar-refractivity contribution < 1.29 is 0 Å². The van der Waals surface area contributed by atoms with E-state index in [0.29, 0.717) is 15.3 Å². The molecule has 2 heterocycles. The number of benzene rings is 2. The molecule has 0 spiro atoms. The van der Waals surface area contributed by atoms with E-state index in [-0.39, 0.29) is 5.56 Å². The van der Waals surface area contributed by atoms with Gasteiger partial charge in [0.2, 0.25) is 4.96 Å². The Hall–Kier alpha value is -2.31. The standard InChI is InChI=1S/C18H12BrN3OS/c1-11-2-6-13(7-3-11)16-20-18-22(21-16)17(23)15(24-18)10-12-4-8-14(19)9-5-12/h2-10H,1H3/b15-10-. The lowest BCUT2D eigenvalue weighted by Gasteiger charge is -1.95. The lowest BCUT2D eigenvalue weighted by molar-refractivity contribution is 0.937. The normalized spacial score (nSPS) is 12.2. The quantitative estimate of drug-likeness (QED) is 0.520. The predicted octanol–water partition coefficient (Wildman–Crippen LogP) is 3.44. The molecule has 4 rings (SSSR count). The van der Waals surface area contributed by atoms with Gasteiger partial charge in [-0.1, -0.05) is 69.2 Å². The Kier molecular flexibility index (Phi) is 3.78. The lowest BCUT2D eigenvalue weighted by Crippen LogP contribution is -2.23. The minimum atomic E-state index is -0.135. The Morgan fingerprint density at radius 2 is 1.79 bits per heavy atom. The smallest absolute Gasteiger partial charge is 0.266 e. The maximum atomic E-state index is 12.5. The molecule has 2 aromatic carbocycles. The Bertz CT molecular complexity index is 1130. The molecule has 0 amide bonds. The minimum absolute atomic E-state index is 0.135. The van der Waals surface area contributed by atoms with Crippen molar-refractivity contribution in [2.24, 2.45) is 0 Å². The van der Waals surface area contributed by atoms with E-state index in [9.17, 15) is 4.79 Å². The van der Waals surface area contributed by atoms with E-state index in [1.54, 1.807) is 0 Å². The average molecular weight is 398 g/mol. The fraction of sp³-hybridized carbons (Fsp3) is 0.0556. The van der Waals surface area contributed by atoms with Crippen molar-refractivity contribution in [2.75, 3.05) is 0 Å². The van der Waals surface area contributed by atoms with Crippen LogP contribution in [-0.2, 0) is 0 Å². The van der Waals surface area contributed by atoms with Gasteiger partial charge in [-0.15, -0.1) is 5.10 Å². The fourth-order valence-electron chi connectivity index (χ4n) is 2.37. The van der Waals surface area contributed by atoms with Crippen molar-refractivity contribution in [1.29, 1.82) is 0 Å². The van der Waals surface area contributed by atoms with Crippen LogP contribution in [0.2, 0.25) is 0 Å². The second kappa shape index (κ2) is 5.96. The molecule has 0 N–H and O–H groups in total. The van der Waals surface area contributed by atoms with Gasteiger partial charge in [-0.25, -0.2) is 0 Å². The first kappa shape index (κ1) is 15.2. The minimum Gasteiger partial charge on any atom is -0.266 e. The molecular weight excluding hydrogens is 386 g/mol. The number of rotatable bonds is 2. The summed E-state index contributed by atoms with van der Waals surface area (Å²) < 4.78 is 3.01. The Balaban J connectivity index is 1.79. The van der Waals surface area contributed by atoms with E-state index in [1.165, 1.54) is 21.4 Å². The van der Waals surface area contributed by atoms with Crippen LogP contribution in [0.15, 0.2) is 57.8 Å². The van der Waals surface area contributed by atoms with Gasteiger partial charge in [0, 0.05) is 10.0 Å². The highest BCUT2D eigenvalue weighted by molar-refractivity contribution is 9.10. The maximum Gasteiger partial charge on any atom is 0.291 e. The van der Waals surface area contributed by atoms with Gasteiger partial charge in [-0.2, -0.15) is 9.50 Å². The second-order valence-electron chi connectivity index (χ2n) is 5.46. The zero-order valence-corrected chi connectivity index (χ0v) is 15.1. The van der Waals surface area contributed by atoms with Crippen molar-refractivity contribution in [1.82, 2.24) is 14.6 Å². The molecule has 0 bridgehead atoms. The van der Waals surface area contributed by atoms with Gasteiger partial charge in [0.25, 0.3) is 5.56 Å². The number of aromatic nitrogens is 3. The van der Waals surface area contributed by atoms with Crippen molar-refractivity contribution in [3.8, 4) is 11.4 Å². The molecule has 0 atom stereocenters. The van der Waals surface area contributed by atoms with Gasteiger partial charge in [0.1, 0.15) is 0 Å². The van der Waals surface area contributed by atoms with E-state index in [1.807, 2.05) is 61.5 Å². The number of halogens is 1. The van der Waals surface area contributed by atoms with Gasteiger partial charge in [0.05, 0.1) is 4.53 Å². The summed E-state index contributed by atoms with van der Waals surface area (Å²) in [6, 6.07) is 15.8. The molecule has 6 heteroatoms. The second-order valence-corrected chi connectivity index (χ2v) is 7.39. The summed E-state index contributed by atoms with van der Waals surface area (Å²) in [5.41, 5.74) is 2.92. The third-order valence-electron chi connectivity index (χ3n) is 3.66. The van der Waals surface area contributed by atoms with E-state index in [2.05, 4.69) is 26.0 Å². The van der Waals surface area contributed by atoms with Crippen LogP contribution in [0, 0.1) is 6.92 Å². The number of aryl methyl sites for hydroxylation is 1. The lowest BCUT2D eigenvalue weighted by atomic mass is 10.1. The molecule has 0 aliphatic carbocycles. The number of thiazole rings is 1. The highest BCUT2D eigenvalue weighted by atomic mass is 79.9. The van der Waals surface area contributed by atoms with Gasteiger partial charge in [-0.3, -0.25) is 4.79 Å². The first-order valence-electron chi connectivity index (χ1n) is 7.34. The summed E-state index contributed by atoms with van der Waals surface area (Å²) in [4.78, 5) is 17.6. The van der Waals surface area contributed by atoms with Crippen molar-refractivity contribution >= 4 is 38.3 Å². The van der Waals surface area contributed by atoms with Crippen molar-refractivity contribution in [2.45, 2.75) is 6.92 Å². The van der Waals surface area contributed by atoms with Crippen LogP contribution in [0.1, 0.15) is 11.1 Å². The first-order valence-corrected chi connectivity index (χ1v) is 8.95. The van der Waals surface area contributed by atoms with Crippen LogP contribution in [0.4, 0.5) is 0 Å². The monoisotopic (exact) mass is 397 g/mol. The van der Waals surface area contributed by atoms with Crippen LogP contribution in [0.5, 0.6) is 0 Å². The third-order valence-corrected chi connectivity index (χ3v) is 5.15. The topological polar surface area (TPSA) is 47.3 Å². The van der Waals surface area contributed by atoms with Gasteiger partial charge < -0.3 is 0 Å². The number of nitrogens with zero attached hydrogens (tertiary/aromatic N) is 3. The molecular formula is C18H12BrN3OS. The zero-order valence-electron chi connectivity index (χ0n) is 12.7. The molecule has 118 valence electrons. The summed E-state index contributed by atoms with van der Waals surface area (Å²) in [5, 5.41) is 4.36. The molecule has 0 saturated heterocycles. The summed E-state index contributed by atoms with van der Waals surface area (Å²) in [6.45, 7) is 2.03. The Labute approximate surface area is 150 Å². The predicted molar refractivity (Wildman–Crippen MR) is 100 cm³/mol. The summed E-state index contributed by atoms with van der Waals surface area (Å²) in [5.74, 6) is 0.577. The van der Waals surface area contributed by atoms with Gasteiger partial charge in [-0.05, 0) is 30.7 Å². The number of hydrogen-bond acceptors (Lipinski definition) is 4. The van der Waals surface area contributed by atoms with Crippen LogP contribution in [0.3, 0.4) is 0 Å². The van der Waals surface area contributed by atoms with Gasteiger partial charge in [0.15, 0.2) is 5.82 Å². The summed E-state index contributed by atoms with van der Waals surface area (Å²) >= 11 is 4.76. The molecule has 4 nitrogen and oxygen atoms in total.